The van der Waals surface area contributed by atoms with E-state index in [1.54, 1.807) is 19.2 Å². The minimum absolute atomic E-state index is 0.163. The molecule has 0 aliphatic rings. The van der Waals surface area contributed by atoms with Crippen LogP contribution >= 0.6 is 27.7 Å². The van der Waals surface area contributed by atoms with Gasteiger partial charge >= 0.3 is 5.97 Å². The van der Waals surface area contributed by atoms with Crippen LogP contribution in [0.1, 0.15) is 21.6 Å². The van der Waals surface area contributed by atoms with E-state index in [-0.39, 0.29) is 5.56 Å². The minimum Gasteiger partial charge on any atom is -0.480 e. The second-order valence-electron chi connectivity index (χ2n) is 4.18. The molecule has 2 heterocycles. The molecule has 0 unspecified atom stereocenters. The molecule has 0 aliphatic carbocycles. The lowest BCUT2D eigenvalue weighted by Crippen LogP contribution is -2.06. The van der Waals surface area contributed by atoms with Gasteiger partial charge in [-0.1, -0.05) is 0 Å². The Labute approximate surface area is 134 Å². The maximum absolute atomic E-state index is 11.4. The molecule has 0 aromatic carbocycles. The van der Waals surface area contributed by atoms with Gasteiger partial charge in [-0.05, 0) is 53.2 Å². The molecule has 0 radical (unpaired) electrons. The fourth-order valence-corrected chi connectivity index (χ4v) is 3.05. The summed E-state index contributed by atoms with van der Waals surface area (Å²) in [6.45, 7) is 3.55. The molecule has 0 spiro atoms. The second kappa shape index (κ2) is 6.40. The highest BCUT2D eigenvalue weighted by atomic mass is 79.9. The van der Waals surface area contributed by atoms with Gasteiger partial charge in [-0.25, -0.2) is 14.8 Å². The van der Waals surface area contributed by atoms with Crippen molar-refractivity contribution in [2.45, 2.75) is 24.0 Å². The quantitative estimate of drug-likeness (QED) is 0.828. The molecule has 0 fully saturated rings. The maximum atomic E-state index is 11.4. The van der Waals surface area contributed by atoms with E-state index in [1.165, 1.54) is 7.11 Å². The number of aromatic carboxylic acids is 1. The SMILES string of the molecule is COc1nc(Sc2nc(C)cc(C)c2C(=O)O)ncc1Br. The lowest BCUT2D eigenvalue weighted by atomic mass is 10.1. The molecule has 0 saturated carbocycles. The minimum atomic E-state index is -1.02. The molecule has 21 heavy (non-hydrogen) atoms. The van der Waals surface area contributed by atoms with Crippen LogP contribution in [-0.2, 0) is 0 Å². The first-order valence-electron chi connectivity index (χ1n) is 5.88. The fraction of sp³-hybridized carbons (Fsp3) is 0.231. The van der Waals surface area contributed by atoms with Crippen molar-refractivity contribution in [3.8, 4) is 5.88 Å². The van der Waals surface area contributed by atoms with Crippen LogP contribution in [0.25, 0.3) is 0 Å². The summed E-state index contributed by atoms with van der Waals surface area (Å²) in [7, 11) is 1.50. The van der Waals surface area contributed by atoms with Crippen molar-refractivity contribution in [2.24, 2.45) is 0 Å². The molecule has 0 aliphatic heterocycles. The molecule has 0 saturated heterocycles. The highest BCUT2D eigenvalue weighted by Crippen LogP contribution is 2.31. The number of pyridine rings is 1. The number of hydrogen-bond donors (Lipinski definition) is 1. The molecule has 6 nitrogen and oxygen atoms in total. The first kappa shape index (κ1) is 15.7. The number of carbonyl (C=O) groups is 1. The zero-order valence-corrected chi connectivity index (χ0v) is 13.9. The molecule has 1 N–H and O–H groups in total. The average Bonchev–Trinajstić information content (AvgIpc) is 2.39. The Morgan fingerprint density at radius 3 is 2.71 bits per heavy atom. The van der Waals surface area contributed by atoms with Gasteiger partial charge in [0.05, 0.1) is 17.1 Å². The molecule has 2 aromatic rings. The molecular formula is C13H12BrN3O3S. The summed E-state index contributed by atoms with van der Waals surface area (Å²) < 4.78 is 5.73. The zero-order chi connectivity index (χ0) is 15.6. The van der Waals surface area contributed by atoms with Crippen LogP contribution in [0.15, 0.2) is 26.9 Å². The van der Waals surface area contributed by atoms with Gasteiger partial charge in [0, 0.05) is 11.9 Å². The van der Waals surface area contributed by atoms with Crippen LogP contribution in [0, 0.1) is 13.8 Å². The number of carboxylic acids is 1. The summed E-state index contributed by atoms with van der Waals surface area (Å²) in [4.78, 5) is 24.0. The number of carboxylic acid groups (broad SMARTS) is 1. The van der Waals surface area contributed by atoms with E-state index in [2.05, 4.69) is 30.9 Å². The topological polar surface area (TPSA) is 85.2 Å². The van der Waals surface area contributed by atoms with Crippen LogP contribution in [0.3, 0.4) is 0 Å². The number of rotatable bonds is 4. The lowest BCUT2D eigenvalue weighted by Gasteiger charge is -2.09. The van der Waals surface area contributed by atoms with Crippen LogP contribution < -0.4 is 4.74 Å². The third-order valence-electron chi connectivity index (χ3n) is 2.60. The molecule has 8 heteroatoms. The van der Waals surface area contributed by atoms with Gasteiger partial charge in [-0.2, -0.15) is 4.98 Å². The zero-order valence-electron chi connectivity index (χ0n) is 11.5. The Kier molecular flexibility index (Phi) is 4.79. The second-order valence-corrected chi connectivity index (χ2v) is 5.99. The largest absolute Gasteiger partial charge is 0.480 e. The average molecular weight is 370 g/mol. The van der Waals surface area contributed by atoms with Gasteiger partial charge in [0.25, 0.3) is 0 Å². The van der Waals surface area contributed by atoms with Crippen LogP contribution in [0.2, 0.25) is 0 Å². The van der Waals surface area contributed by atoms with E-state index in [1.807, 2.05) is 6.92 Å². The standard InChI is InChI=1S/C13H12BrN3O3S/c1-6-4-7(2)16-11(9(6)12(18)19)21-13-15-5-8(14)10(17-13)20-3/h4-5H,1-3H3,(H,18,19). The number of hydrogen-bond acceptors (Lipinski definition) is 6. The summed E-state index contributed by atoms with van der Waals surface area (Å²) >= 11 is 4.36. The van der Waals surface area contributed by atoms with Crippen molar-refractivity contribution < 1.29 is 14.6 Å². The number of aryl methyl sites for hydroxylation is 2. The highest BCUT2D eigenvalue weighted by molar-refractivity contribution is 9.10. The van der Waals surface area contributed by atoms with Gasteiger partial charge in [0.1, 0.15) is 5.03 Å². The summed E-state index contributed by atoms with van der Waals surface area (Å²) in [5.74, 6) is -0.639. The van der Waals surface area contributed by atoms with E-state index in [9.17, 15) is 9.90 Å². The maximum Gasteiger partial charge on any atom is 0.338 e. The third-order valence-corrected chi connectivity index (χ3v) is 4.01. The fourth-order valence-electron chi connectivity index (χ4n) is 1.75. The van der Waals surface area contributed by atoms with Gasteiger partial charge in [0.15, 0.2) is 5.16 Å². The highest BCUT2D eigenvalue weighted by Gasteiger charge is 2.18. The van der Waals surface area contributed by atoms with E-state index in [4.69, 9.17) is 4.74 Å². The number of methoxy groups -OCH3 is 1. The summed E-state index contributed by atoms with van der Waals surface area (Å²) in [6.07, 6.45) is 1.55. The molecule has 110 valence electrons. The number of aromatic nitrogens is 3. The van der Waals surface area contributed by atoms with E-state index < -0.39 is 5.97 Å². The monoisotopic (exact) mass is 369 g/mol. The molecular weight excluding hydrogens is 358 g/mol. The van der Waals surface area contributed by atoms with Crippen molar-refractivity contribution >= 4 is 33.7 Å². The van der Waals surface area contributed by atoms with E-state index in [0.717, 1.165) is 17.5 Å². The van der Waals surface area contributed by atoms with Crippen molar-refractivity contribution in [3.63, 3.8) is 0 Å². The molecule has 2 rings (SSSR count). The molecule has 0 bridgehead atoms. The van der Waals surface area contributed by atoms with Crippen LogP contribution in [-0.4, -0.2) is 33.1 Å². The van der Waals surface area contributed by atoms with Crippen molar-refractivity contribution in [3.05, 3.63) is 33.6 Å². The summed E-state index contributed by atoms with van der Waals surface area (Å²) in [5.41, 5.74) is 1.56. The third kappa shape index (κ3) is 3.51. The summed E-state index contributed by atoms with van der Waals surface area (Å²) in [6, 6.07) is 1.73. The Hall–Kier alpha value is -1.67. The van der Waals surface area contributed by atoms with Gasteiger partial charge in [0.2, 0.25) is 5.88 Å². The van der Waals surface area contributed by atoms with Crippen molar-refractivity contribution in [1.82, 2.24) is 15.0 Å². The normalized spacial score (nSPS) is 10.5. The Bertz CT molecular complexity index is 709. The predicted molar refractivity (Wildman–Crippen MR) is 81.1 cm³/mol. The van der Waals surface area contributed by atoms with Gasteiger partial charge in [-0.3, -0.25) is 0 Å². The van der Waals surface area contributed by atoms with Crippen LogP contribution in [0.4, 0.5) is 0 Å². The van der Waals surface area contributed by atoms with Gasteiger partial charge < -0.3 is 9.84 Å². The molecule has 0 atom stereocenters. The number of nitrogens with zero attached hydrogens (tertiary/aromatic N) is 3. The molecule has 2 aromatic heterocycles. The van der Waals surface area contributed by atoms with Crippen molar-refractivity contribution in [2.75, 3.05) is 7.11 Å². The van der Waals surface area contributed by atoms with Crippen molar-refractivity contribution in [1.29, 1.82) is 0 Å². The van der Waals surface area contributed by atoms with E-state index in [0.29, 0.717) is 26.1 Å². The number of ether oxygens (including phenoxy) is 1. The first-order valence-corrected chi connectivity index (χ1v) is 7.49. The Morgan fingerprint density at radius 1 is 1.38 bits per heavy atom. The number of halogens is 1. The smallest absolute Gasteiger partial charge is 0.338 e. The molecule has 0 amide bonds. The van der Waals surface area contributed by atoms with Crippen LogP contribution in [0.5, 0.6) is 5.88 Å². The predicted octanol–water partition coefficient (Wildman–Crippen LogP) is 3.11. The summed E-state index contributed by atoms with van der Waals surface area (Å²) in [5, 5.41) is 10.1. The Balaban J connectivity index is 2.46. The Morgan fingerprint density at radius 2 is 2.10 bits per heavy atom. The first-order chi connectivity index (χ1) is 9.92. The lowest BCUT2D eigenvalue weighted by molar-refractivity contribution is 0.0691. The van der Waals surface area contributed by atoms with E-state index >= 15 is 0 Å². The van der Waals surface area contributed by atoms with Gasteiger partial charge in [-0.15, -0.1) is 0 Å².